The van der Waals surface area contributed by atoms with Gasteiger partial charge in [0.2, 0.25) is 5.91 Å². The van der Waals surface area contributed by atoms with Crippen LogP contribution in [-0.2, 0) is 17.9 Å². The molecule has 2 aromatic heterocycles. The van der Waals surface area contributed by atoms with Gasteiger partial charge in [-0.05, 0) is 38.5 Å². The number of carbonyl (C=O) groups excluding carboxylic acids is 1. The van der Waals surface area contributed by atoms with Crippen molar-refractivity contribution in [2.75, 3.05) is 11.1 Å². The number of halogens is 2. The predicted molar refractivity (Wildman–Crippen MR) is 128 cm³/mol. The van der Waals surface area contributed by atoms with Crippen molar-refractivity contribution in [2.24, 2.45) is 0 Å². The van der Waals surface area contributed by atoms with Gasteiger partial charge in [0.1, 0.15) is 17.2 Å². The van der Waals surface area contributed by atoms with Crippen LogP contribution in [-0.4, -0.2) is 31.0 Å². The molecule has 1 N–H and O–H groups in total. The molecule has 0 fully saturated rings. The van der Waals surface area contributed by atoms with E-state index in [1.54, 1.807) is 11.6 Å². The van der Waals surface area contributed by atoms with Gasteiger partial charge in [-0.15, -0.1) is 0 Å². The Morgan fingerprint density at radius 2 is 1.85 bits per heavy atom. The highest BCUT2D eigenvalue weighted by Gasteiger charge is 2.19. The Kier molecular flexibility index (Phi) is 6.78. The summed E-state index contributed by atoms with van der Waals surface area (Å²) in [5, 5.41) is 7.12. The Morgan fingerprint density at radius 1 is 1.12 bits per heavy atom. The van der Waals surface area contributed by atoms with E-state index in [1.807, 2.05) is 38.1 Å². The Hall–Kier alpha value is -3.53. The average molecular weight is 484 g/mol. The maximum atomic E-state index is 13.9. The van der Waals surface area contributed by atoms with Crippen LogP contribution in [0.15, 0.2) is 52.4 Å². The Labute approximate surface area is 198 Å². The zero-order chi connectivity index (χ0) is 24.4. The van der Waals surface area contributed by atoms with Crippen molar-refractivity contribution in [1.82, 2.24) is 19.3 Å². The lowest BCUT2D eigenvalue weighted by molar-refractivity contribution is -0.113. The van der Waals surface area contributed by atoms with E-state index >= 15 is 0 Å². The molecule has 4 rings (SSSR count). The lowest BCUT2D eigenvalue weighted by Gasteiger charge is -2.13. The van der Waals surface area contributed by atoms with Crippen LogP contribution in [0.4, 0.5) is 14.5 Å². The van der Waals surface area contributed by atoms with Gasteiger partial charge in [-0.25, -0.2) is 13.8 Å². The number of rotatable bonds is 7. The first-order valence-electron chi connectivity index (χ1n) is 10.7. The van der Waals surface area contributed by atoms with Crippen LogP contribution in [0.3, 0.4) is 0 Å². The van der Waals surface area contributed by atoms with E-state index in [-0.39, 0.29) is 23.5 Å². The van der Waals surface area contributed by atoms with Crippen molar-refractivity contribution in [3.63, 3.8) is 0 Å². The first kappa shape index (κ1) is 23.6. The normalized spacial score (nSPS) is 11.2. The molecule has 0 unspecified atom stereocenters. The summed E-state index contributed by atoms with van der Waals surface area (Å²) in [5.41, 5.74) is 3.00. The molecule has 2 aromatic carbocycles. The van der Waals surface area contributed by atoms with Crippen molar-refractivity contribution in [1.29, 1.82) is 0 Å². The summed E-state index contributed by atoms with van der Waals surface area (Å²) in [6.07, 6.45) is 0. The largest absolute Gasteiger partial charge is 0.323 e. The minimum atomic E-state index is -0.738. The van der Waals surface area contributed by atoms with Gasteiger partial charge in [-0.3, -0.25) is 18.8 Å². The zero-order valence-electron chi connectivity index (χ0n) is 18.9. The molecule has 4 aromatic rings. The molecule has 0 aliphatic heterocycles. The number of amides is 1. The van der Waals surface area contributed by atoms with E-state index in [0.29, 0.717) is 28.4 Å². The summed E-state index contributed by atoms with van der Waals surface area (Å²) in [6, 6.07) is 10.6. The molecule has 0 spiro atoms. The monoisotopic (exact) mass is 483 g/mol. The minimum Gasteiger partial charge on any atom is -0.323 e. The van der Waals surface area contributed by atoms with E-state index in [9.17, 15) is 18.4 Å². The molecule has 34 heavy (non-hydrogen) atoms. The van der Waals surface area contributed by atoms with E-state index in [2.05, 4.69) is 15.4 Å². The van der Waals surface area contributed by atoms with Gasteiger partial charge in [0.05, 0.1) is 23.7 Å². The number of nitrogens with one attached hydrogen (secondary N) is 1. The summed E-state index contributed by atoms with van der Waals surface area (Å²) < 4.78 is 30.4. The van der Waals surface area contributed by atoms with Gasteiger partial charge in [-0.2, -0.15) is 5.10 Å². The van der Waals surface area contributed by atoms with Crippen LogP contribution in [0.1, 0.15) is 23.7 Å². The lowest BCUT2D eigenvalue weighted by Crippen LogP contribution is -2.26. The highest BCUT2D eigenvalue weighted by molar-refractivity contribution is 7.99. The first-order valence-corrected chi connectivity index (χ1v) is 11.7. The highest BCUT2D eigenvalue weighted by Crippen LogP contribution is 2.22. The number of nitrogens with zero attached hydrogens (tertiary/aromatic N) is 4. The summed E-state index contributed by atoms with van der Waals surface area (Å²) >= 11 is 1.05. The number of hydrogen-bond acceptors (Lipinski definition) is 5. The fraction of sp³-hybridized carbons (Fsp3) is 0.250. The van der Waals surface area contributed by atoms with Crippen LogP contribution in [0.2, 0.25) is 0 Å². The third-order valence-corrected chi connectivity index (χ3v) is 6.25. The number of thioether (sulfide) groups is 1. The molecule has 7 nitrogen and oxygen atoms in total. The second-order valence-electron chi connectivity index (χ2n) is 7.83. The molecular weight excluding hydrogens is 460 g/mol. The van der Waals surface area contributed by atoms with Crippen LogP contribution < -0.4 is 10.9 Å². The number of aryl methyl sites for hydroxylation is 3. The molecule has 0 radical (unpaired) electrons. The van der Waals surface area contributed by atoms with Gasteiger partial charge in [-0.1, -0.05) is 41.6 Å². The SMILES string of the molecule is CCn1nc(C)c2nc(SCC(=O)Nc3cc(F)ccc3F)n(Cc3ccc(C)cc3)c(=O)c21. The summed E-state index contributed by atoms with van der Waals surface area (Å²) in [6.45, 7) is 6.43. The fourth-order valence-corrected chi connectivity index (χ4v) is 4.34. The molecule has 0 saturated heterocycles. The van der Waals surface area contributed by atoms with Crippen molar-refractivity contribution in [3.8, 4) is 0 Å². The minimum absolute atomic E-state index is 0.150. The standard InChI is InChI=1S/C24H23F2N5O2S/c1-4-31-22-21(15(3)29-31)28-24(30(23(22)33)12-16-7-5-14(2)6-8-16)34-13-20(32)27-19-11-17(25)9-10-18(19)26/h5-11H,4,12-13H2,1-3H3,(H,27,32). The van der Waals surface area contributed by atoms with Crippen LogP contribution in [0.5, 0.6) is 0 Å². The van der Waals surface area contributed by atoms with Gasteiger partial charge < -0.3 is 5.32 Å². The number of fused-ring (bicyclic) bond motifs is 1. The smallest absolute Gasteiger partial charge is 0.280 e. The molecular formula is C24H23F2N5O2S. The molecule has 176 valence electrons. The molecule has 0 aliphatic rings. The van der Waals surface area contributed by atoms with E-state index in [4.69, 9.17) is 0 Å². The van der Waals surface area contributed by atoms with Gasteiger partial charge in [0.25, 0.3) is 5.56 Å². The first-order chi connectivity index (χ1) is 16.3. The van der Waals surface area contributed by atoms with E-state index in [1.165, 1.54) is 4.57 Å². The highest BCUT2D eigenvalue weighted by atomic mass is 32.2. The summed E-state index contributed by atoms with van der Waals surface area (Å²) in [5.74, 6) is -2.10. The lowest BCUT2D eigenvalue weighted by atomic mass is 10.1. The van der Waals surface area contributed by atoms with Gasteiger partial charge in [0.15, 0.2) is 10.7 Å². The summed E-state index contributed by atoms with van der Waals surface area (Å²) in [4.78, 5) is 30.6. The third-order valence-electron chi connectivity index (χ3n) is 5.28. The zero-order valence-corrected chi connectivity index (χ0v) is 19.7. The maximum absolute atomic E-state index is 13.9. The predicted octanol–water partition coefficient (Wildman–Crippen LogP) is 4.29. The second kappa shape index (κ2) is 9.76. The van der Waals surface area contributed by atoms with E-state index in [0.717, 1.165) is 41.1 Å². The maximum Gasteiger partial charge on any atom is 0.280 e. The number of carbonyl (C=O) groups is 1. The third kappa shape index (κ3) is 4.86. The van der Waals surface area contributed by atoms with Crippen molar-refractivity contribution >= 4 is 34.4 Å². The Morgan fingerprint density at radius 3 is 2.56 bits per heavy atom. The molecule has 0 saturated carbocycles. The molecule has 0 aliphatic carbocycles. The molecule has 2 heterocycles. The van der Waals surface area contributed by atoms with Crippen molar-refractivity contribution in [2.45, 2.75) is 39.0 Å². The number of hydrogen-bond donors (Lipinski definition) is 1. The van der Waals surface area contributed by atoms with Crippen molar-refractivity contribution in [3.05, 3.63) is 81.3 Å². The van der Waals surface area contributed by atoms with Gasteiger partial charge >= 0.3 is 0 Å². The Bertz CT molecular complexity index is 1430. The van der Waals surface area contributed by atoms with Crippen LogP contribution in [0.25, 0.3) is 11.0 Å². The molecule has 0 atom stereocenters. The molecule has 1 amide bonds. The fourth-order valence-electron chi connectivity index (χ4n) is 3.55. The quantitative estimate of drug-likeness (QED) is 0.313. The number of aromatic nitrogens is 4. The van der Waals surface area contributed by atoms with Crippen LogP contribution >= 0.6 is 11.8 Å². The Balaban J connectivity index is 1.67. The average Bonchev–Trinajstić information content (AvgIpc) is 3.14. The summed E-state index contributed by atoms with van der Waals surface area (Å²) in [7, 11) is 0. The number of anilines is 1. The molecule has 10 heteroatoms. The van der Waals surface area contributed by atoms with E-state index < -0.39 is 17.5 Å². The second-order valence-corrected chi connectivity index (χ2v) is 8.77. The van der Waals surface area contributed by atoms with Gasteiger partial charge in [0, 0.05) is 12.6 Å². The molecule has 0 bridgehead atoms. The van der Waals surface area contributed by atoms with Crippen LogP contribution in [0, 0.1) is 25.5 Å². The van der Waals surface area contributed by atoms with Crippen molar-refractivity contribution < 1.29 is 13.6 Å². The number of benzene rings is 2. The topological polar surface area (TPSA) is 81.8 Å².